The number of hydrogen-bond donors (Lipinski definition) is 1. The third-order valence-corrected chi connectivity index (χ3v) is 3.44. The van der Waals surface area contributed by atoms with E-state index >= 15 is 0 Å². The summed E-state index contributed by atoms with van der Waals surface area (Å²) >= 11 is 3.19. The fraction of sp³-hybridized carbons (Fsp3) is 0.0714. The maximum Gasteiger partial charge on any atom is 0.416 e. The van der Waals surface area contributed by atoms with Crippen molar-refractivity contribution in [3.05, 3.63) is 69.8 Å². The molecule has 0 aliphatic heterocycles. The van der Waals surface area contributed by atoms with Crippen molar-refractivity contribution in [2.45, 2.75) is 6.18 Å². The molecule has 0 bridgehead atoms. The molecular formula is C14H9BrF3N3O2. The quantitative estimate of drug-likeness (QED) is 0.466. The van der Waals surface area contributed by atoms with Crippen LogP contribution in [0.3, 0.4) is 0 Å². The molecule has 9 heteroatoms. The number of halogens is 4. The van der Waals surface area contributed by atoms with Crippen LogP contribution in [0.2, 0.25) is 0 Å². The Balaban J connectivity index is 2.31. The molecule has 120 valence electrons. The second-order valence-electron chi connectivity index (χ2n) is 4.37. The monoisotopic (exact) mass is 387 g/mol. The number of hydrazone groups is 1. The molecule has 0 atom stereocenters. The highest BCUT2D eigenvalue weighted by Crippen LogP contribution is 2.35. The Morgan fingerprint density at radius 2 is 1.83 bits per heavy atom. The number of nitrogens with one attached hydrogen (secondary N) is 1. The average Bonchev–Trinajstić information content (AvgIpc) is 2.52. The minimum atomic E-state index is -4.66. The fourth-order valence-corrected chi connectivity index (χ4v) is 2.06. The van der Waals surface area contributed by atoms with Crippen LogP contribution in [0.25, 0.3) is 0 Å². The second kappa shape index (κ2) is 6.78. The van der Waals surface area contributed by atoms with E-state index in [1.807, 2.05) is 0 Å². The van der Waals surface area contributed by atoms with Gasteiger partial charge >= 0.3 is 6.18 Å². The summed E-state index contributed by atoms with van der Waals surface area (Å²) in [5.41, 5.74) is 1.16. The lowest BCUT2D eigenvalue weighted by atomic mass is 10.1. The van der Waals surface area contributed by atoms with Crippen LogP contribution in [0.1, 0.15) is 11.1 Å². The molecule has 0 fully saturated rings. The maximum absolute atomic E-state index is 12.6. The first-order valence-electron chi connectivity index (χ1n) is 6.19. The molecule has 2 aromatic carbocycles. The molecule has 0 heterocycles. The third-order valence-electron chi connectivity index (χ3n) is 2.81. The van der Waals surface area contributed by atoms with Gasteiger partial charge in [0.1, 0.15) is 10.3 Å². The van der Waals surface area contributed by atoms with E-state index in [1.54, 1.807) is 30.3 Å². The highest BCUT2D eigenvalue weighted by Gasteiger charge is 2.33. The molecule has 0 saturated carbocycles. The van der Waals surface area contributed by atoms with Crippen LogP contribution in [-0.4, -0.2) is 9.54 Å². The summed E-state index contributed by atoms with van der Waals surface area (Å²) in [5, 5.41) is 14.9. The number of rotatable bonds is 4. The Labute approximate surface area is 137 Å². The maximum atomic E-state index is 12.6. The number of benzene rings is 2. The number of nitro groups is 1. The lowest BCUT2D eigenvalue weighted by molar-refractivity contribution is -0.384. The van der Waals surface area contributed by atoms with Gasteiger partial charge in [-0.1, -0.05) is 30.3 Å². The van der Waals surface area contributed by atoms with Gasteiger partial charge < -0.3 is 0 Å². The summed E-state index contributed by atoms with van der Waals surface area (Å²) < 4.78 is 38.2. The topological polar surface area (TPSA) is 67.5 Å². The highest BCUT2D eigenvalue weighted by molar-refractivity contribution is 9.18. The van der Waals surface area contributed by atoms with Crippen molar-refractivity contribution < 1.29 is 18.1 Å². The predicted molar refractivity (Wildman–Crippen MR) is 83.6 cm³/mol. The molecule has 0 aliphatic rings. The Morgan fingerprint density at radius 1 is 1.17 bits per heavy atom. The van der Waals surface area contributed by atoms with Crippen molar-refractivity contribution in [1.29, 1.82) is 0 Å². The van der Waals surface area contributed by atoms with Crippen LogP contribution in [0.4, 0.5) is 24.5 Å². The van der Waals surface area contributed by atoms with Gasteiger partial charge in [0.05, 0.1) is 10.5 Å². The summed E-state index contributed by atoms with van der Waals surface area (Å²) in [6.45, 7) is 0. The molecule has 0 spiro atoms. The molecular weight excluding hydrogens is 379 g/mol. The van der Waals surface area contributed by atoms with Gasteiger partial charge in [-0.2, -0.15) is 18.3 Å². The van der Waals surface area contributed by atoms with Crippen molar-refractivity contribution >= 4 is 31.9 Å². The summed E-state index contributed by atoms with van der Waals surface area (Å²) in [6.07, 6.45) is -4.66. The van der Waals surface area contributed by atoms with E-state index in [-0.39, 0.29) is 5.69 Å². The Bertz CT molecular complexity index is 749. The Morgan fingerprint density at radius 3 is 2.39 bits per heavy atom. The van der Waals surface area contributed by atoms with Gasteiger partial charge in [-0.3, -0.25) is 15.5 Å². The first kappa shape index (κ1) is 16.9. The second-order valence-corrected chi connectivity index (χ2v) is 5.12. The molecule has 2 aromatic rings. The van der Waals surface area contributed by atoms with Gasteiger partial charge in [-0.05, 0) is 28.1 Å². The molecule has 0 amide bonds. The first-order valence-corrected chi connectivity index (χ1v) is 6.98. The summed E-state index contributed by atoms with van der Waals surface area (Å²) in [7, 11) is 0. The zero-order valence-electron chi connectivity index (χ0n) is 11.3. The summed E-state index contributed by atoms with van der Waals surface area (Å²) in [5.74, 6) is 0. The van der Waals surface area contributed by atoms with Crippen molar-refractivity contribution in [1.82, 2.24) is 0 Å². The van der Waals surface area contributed by atoms with E-state index in [2.05, 4.69) is 26.5 Å². The van der Waals surface area contributed by atoms with Gasteiger partial charge in [0, 0.05) is 11.6 Å². The van der Waals surface area contributed by atoms with E-state index < -0.39 is 22.4 Å². The SMILES string of the molecule is O=[N+]([O-])c1cc(C(F)(F)F)ccc1N/N=C(\Br)c1ccccc1. The van der Waals surface area contributed by atoms with E-state index in [0.717, 1.165) is 12.1 Å². The lowest BCUT2D eigenvalue weighted by Crippen LogP contribution is -2.07. The predicted octanol–water partition coefficient (Wildman–Crippen LogP) is 4.78. The van der Waals surface area contributed by atoms with Crippen molar-refractivity contribution in [3.8, 4) is 0 Å². The van der Waals surface area contributed by atoms with Gasteiger partial charge in [0.15, 0.2) is 0 Å². The van der Waals surface area contributed by atoms with Gasteiger partial charge in [0.2, 0.25) is 0 Å². The number of anilines is 1. The third kappa shape index (κ3) is 4.28. The molecule has 1 N–H and O–H groups in total. The van der Waals surface area contributed by atoms with E-state index in [1.165, 1.54) is 0 Å². The lowest BCUT2D eigenvalue weighted by Gasteiger charge is -2.08. The average molecular weight is 388 g/mol. The first-order chi connectivity index (χ1) is 10.8. The van der Waals surface area contributed by atoms with E-state index in [9.17, 15) is 23.3 Å². The highest BCUT2D eigenvalue weighted by atomic mass is 79.9. The number of alkyl halides is 3. The molecule has 2 rings (SSSR count). The van der Waals surface area contributed by atoms with E-state index in [0.29, 0.717) is 16.3 Å². The smallest absolute Gasteiger partial charge is 0.271 e. The minimum Gasteiger partial charge on any atom is -0.271 e. The number of nitrogens with zero attached hydrogens (tertiary/aromatic N) is 2. The normalized spacial score (nSPS) is 12.1. The van der Waals surface area contributed by atoms with E-state index in [4.69, 9.17) is 0 Å². The van der Waals surface area contributed by atoms with Crippen LogP contribution in [0.5, 0.6) is 0 Å². The molecule has 0 unspecified atom stereocenters. The molecule has 23 heavy (non-hydrogen) atoms. The van der Waals surface area contributed by atoms with Crippen molar-refractivity contribution in [2.24, 2.45) is 5.10 Å². The Kier molecular flexibility index (Phi) is 4.99. The van der Waals surface area contributed by atoms with Gasteiger partial charge in [-0.15, -0.1) is 0 Å². The van der Waals surface area contributed by atoms with Crippen LogP contribution < -0.4 is 5.43 Å². The van der Waals surface area contributed by atoms with Crippen LogP contribution >= 0.6 is 15.9 Å². The summed E-state index contributed by atoms with van der Waals surface area (Å²) in [6, 6.07) is 11.0. The summed E-state index contributed by atoms with van der Waals surface area (Å²) in [4.78, 5) is 10.1. The van der Waals surface area contributed by atoms with Gasteiger partial charge in [0.25, 0.3) is 5.69 Å². The number of nitro benzene ring substituents is 1. The van der Waals surface area contributed by atoms with Crippen molar-refractivity contribution in [2.75, 3.05) is 5.43 Å². The van der Waals surface area contributed by atoms with Crippen LogP contribution in [0, 0.1) is 10.1 Å². The zero-order valence-corrected chi connectivity index (χ0v) is 12.9. The van der Waals surface area contributed by atoms with Crippen LogP contribution in [-0.2, 0) is 6.18 Å². The van der Waals surface area contributed by atoms with Gasteiger partial charge in [-0.25, -0.2) is 0 Å². The fourth-order valence-electron chi connectivity index (χ4n) is 1.70. The van der Waals surface area contributed by atoms with Crippen molar-refractivity contribution in [3.63, 3.8) is 0 Å². The molecule has 0 aromatic heterocycles. The molecule has 0 aliphatic carbocycles. The zero-order chi connectivity index (χ0) is 17.0. The number of hydrogen-bond acceptors (Lipinski definition) is 4. The molecule has 5 nitrogen and oxygen atoms in total. The molecule has 0 saturated heterocycles. The largest absolute Gasteiger partial charge is 0.416 e. The molecule has 0 radical (unpaired) electrons. The minimum absolute atomic E-state index is 0.143. The Hall–Kier alpha value is -2.42. The van der Waals surface area contributed by atoms with Crippen LogP contribution in [0.15, 0.2) is 53.6 Å². The standard InChI is InChI=1S/C14H9BrF3N3O2/c15-13(9-4-2-1-3-5-9)20-19-11-7-6-10(14(16,17)18)8-12(11)21(22)23/h1-8,19H/b20-13-.